The van der Waals surface area contributed by atoms with E-state index in [1.807, 2.05) is 32.0 Å². The zero-order valence-corrected chi connectivity index (χ0v) is 18.3. The van der Waals surface area contributed by atoms with Crippen LogP contribution >= 0.6 is 11.6 Å². The van der Waals surface area contributed by atoms with Gasteiger partial charge in [-0.25, -0.2) is 0 Å². The fourth-order valence-corrected chi connectivity index (χ4v) is 3.06. The summed E-state index contributed by atoms with van der Waals surface area (Å²) in [6.45, 7) is 9.09. The summed E-state index contributed by atoms with van der Waals surface area (Å²) < 4.78 is 14.6. The van der Waals surface area contributed by atoms with E-state index < -0.39 is 6.04 Å². The summed E-state index contributed by atoms with van der Waals surface area (Å²) in [7, 11) is 0. The Morgan fingerprint density at radius 1 is 1.20 bits per heavy atom. The highest BCUT2D eigenvalue weighted by Crippen LogP contribution is 2.29. The maximum absolute atomic E-state index is 12.5. The summed E-state index contributed by atoms with van der Waals surface area (Å²) in [5.74, 6) is 1.23. The maximum Gasteiger partial charge on any atom is 0.249 e. The smallest absolute Gasteiger partial charge is 0.249 e. The second kappa shape index (κ2) is 9.67. The summed E-state index contributed by atoms with van der Waals surface area (Å²) in [5.41, 5.74) is 2.31. The van der Waals surface area contributed by atoms with E-state index in [1.165, 1.54) is 0 Å². The first-order valence-electron chi connectivity index (χ1n) is 9.84. The van der Waals surface area contributed by atoms with E-state index in [9.17, 15) is 4.79 Å². The Morgan fingerprint density at radius 3 is 2.60 bits per heavy atom. The Morgan fingerprint density at radius 2 is 1.93 bits per heavy atom. The van der Waals surface area contributed by atoms with Crippen molar-refractivity contribution >= 4 is 23.2 Å². The van der Waals surface area contributed by atoms with Crippen molar-refractivity contribution in [3.05, 3.63) is 53.1 Å². The molecule has 2 heterocycles. The number of nitrogens with one attached hydrogen (secondary N) is 1. The minimum atomic E-state index is -0.501. The molecular weight excluding hydrogens is 406 g/mol. The van der Waals surface area contributed by atoms with E-state index in [0.717, 1.165) is 11.3 Å². The predicted octanol–water partition coefficient (Wildman–Crippen LogP) is 4.09. The highest BCUT2D eigenvalue weighted by molar-refractivity contribution is 6.31. The fourth-order valence-electron chi connectivity index (χ4n) is 2.92. The molecule has 1 unspecified atom stereocenters. The fraction of sp³-hybridized carbons (Fsp3) is 0.381. The number of hydrogen-bond acceptors (Lipinski definition) is 5. The number of nitrogens with zero attached hydrogens (tertiary/aromatic N) is 4. The number of aryl methyl sites for hydroxylation is 1. The number of benzene rings is 1. The largest absolute Gasteiger partial charge is 0.490 e. The lowest BCUT2D eigenvalue weighted by Crippen LogP contribution is -2.23. The first-order chi connectivity index (χ1) is 14.4. The van der Waals surface area contributed by atoms with Gasteiger partial charge in [-0.05, 0) is 45.4 Å². The number of anilines is 1. The highest BCUT2D eigenvalue weighted by Gasteiger charge is 2.18. The van der Waals surface area contributed by atoms with Crippen LogP contribution in [0, 0.1) is 6.92 Å². The lowest BCUT2D eigenvalue weighted by Gasteiger charge is -2.12. The molecule has 0 radical (unpaired) electrons. The number of rotatable bonds is 9. The molecule has 3 rings (SSSR count). The van der Waals surface area contributed by atoms with Crippen LogP contribution in [0.4, 0.5) is 5.69 Å². The van der Waals surface area contributed by atoms with Crippen molar-refractivity contribution in [3.8, 4) is 11.5 Å². The molecule has 1 amide bonds. The summed E-state index contributed by atoms with van der Waals surface area (Å²) >= 11 is 6.03. The summed E-state index contributed by atoms with van der Waals surface area (Å²) in [6, 6.07) is 5.31. The number of carbonyl (C=O) groups excluding carboxylic acids is 1. The first-order valence-corrected chi connectivity index (χ1v) is 10.2. The molecule has 0 spiro atoms. The molecule has 0 fully saturated rings. The van der Waals surface area contributed by atoms with E-state index >= 15 is 0 Å². The van der Waals surface area contributed by atoms with E-state index in [1.54, 1.807) is 41.8 Å². The van der Waals surface area contributed by atoms with Crippen LogP contribution in [0.25, 0.3) is 0 Å². The molecule has 0 aliphatic carbocycles. The van der Waals surface area contributed by atoms with Gasteiger partial charge < -0.3 is 14.8 Å². The zero-order valence-electron chi connectivity index (χ0n) is 17.6. The van der Waals surface area contributed by atoms with E-state index in [2.05, 4.69) is 15.5 Å². The number of ether oxygens (including phenoxy) is 2. The molecule has 8 nitrogen and oxygen atoms in total. The van der Waals surface area contributed by atoms with Crippen molar-refractivity contribution in [1.82, 2.24) is 19.6 Å². The average molecular weight is 432 g/mol. The van der Waals surface area contributed by atoms with Gasteiger partial charge in [-0.15, -0.1) is 0 Å². The number of hydrogen-bond donors (Lipinski definition) is 1. The SMILES string of the molecule is CCOc1ccc(Cn2cc(NC(=O)C(C)n3cc(Cl)c(C)n3)cn2)cc1OCC. The van der Waals surface area contributed by atoms with Gasteiger partial charge in [0.2, 0.25) is 5.91 Å². The van der Waals surface area contributed by atoms with Crippen LogP contribution in [0.2, 0.25) is 5.02 Å². The molecule has 1 aromatic carbocycles. The van der Waals surface area contributed by atoms with Gasteiger partial charge in [0.05, 0.1) is 42.4 Å². The Bertz CT molecular complexity index is 994. The minimum absolute atomic E-state index is 0.201. The van der Waals surface area contributed by atoms with Gasteiger partial charge in [-0.3, -0.25) is 14.2 Å². The van der Waals surface area contributed by atoms with Crippen molar-refractivity contribution in [2.45, 2.75) is 40.3 Å². The second-order valence-electron chi connectivity index (χ2n) is 6.78. The van der Waals surface area contributed by atoms with Crippen molar-refractivity contribution in [2.24, 2.45) is 0 Å². The number of amides is 1. The van der Waals surface area contributed by atoms with E-state index in [0.29, 0.717) is 41.9 Å². The molecule has 2 aromatic heterocycles. The van der Waals surface area contributed by atoms with Crippen molar-refractivity contribution in [2.75, 3.05) is 18.5 Å². The minimum Gasteiger partial charge on any atom is -0.490 e. The van der Waals surface area contributed by atoms with Crippen LogP contribution in [0.15, 0.2) is 36.8 Å². The summed E-state index contributed by atoms with van der Waals surface area (Å²) in [4.78, 5) is 12.5. The van der Waals surface area contributed by atoms with E-state index in [4.69, 9.17) is 21.1 Å². The van der Waals surface area contributed by atoms with Gasteiger partial charge in [0.15, 0.2) is 11.5 Å². The van der Waals surface area contributed by atoms with Gasteiger partial charge in [0.1, 0.15) is 6.04 Å². The van der Waals surface area contributed by atoms with Gasteiger partial charge >= 0.3 is 0 Å². The average Bonchev–Trinajstić information content (AvgIpc) is 3.29. The normalized spacial score (nSPS) is 11.9. The molecule has 0 aliphatic heterocycles. The van der Waals surface area contributed by atoms with Gasteiger partial charge in [0.25, 0.3) is 0 Å². The molecule has 0 saturated heterocycles. The van der Waals surface area contributed by atoms with Gasteiger partial charge in [-0.1, -0.05) is 17.7 Å². The third-order valence-corrected chi connectivity index (χ3v) is 4.86. The van der Waals surface area contributed by atoms with Crippen LogP contribution in [0.1, 0.15) is 38.1 Å². The monoisotopic (exact) mass is 431 g/mol. The molecular formula is C21H26ClN5O3. The standard InChI is InChI=1S/C21H26ClN5O3/c1-5-29-19-8-7-16(9-20(19)30-6-2)11-26-12-17(10-23-26)24-21(28)15(4)27-13-18(22)14(3)25-27/h7-10,12-13,15H,5-6,11H2,1-4H3,(H,24,28). The Labute approximate surface area is 180 Å². The second-order valence-corrected chi connectivity index (χ2v) is 7.19. The summed E-state index contributed by atoms with van der Waals surface area (Å²) in [5, 5.41) is 12.0. The molecule has 9 heteroatoms. The quantitative estimate of drug-likeness (QED) is 0.551. The highest BCUT2D eigenvalue weighted by atomic mass is 35.5. The maximum atomic E-state index is 12.5. The van der Waals surface area contributed by atoms with Crippen LogP contribution in [0.5, 0.6) is 11.5 Å². The third kappa shape index (κ3) is 5.13. The van der Waals surface area contributed by atoms with E-state index in [-0.39, 0.29) is 5.91 Å². The molecule has 0 aliphatic rings. The lowest BCUT2D eigenvalue weighted by atomic mass is 10.2. The van der Waals surface area contributed by atoms with Crippen LogP contribution in [0.3, 0.4) is 0 Å². The zero-order chi connectivity index (χ0) is 21.7. The predicted molar refractivity (Wildman–Crippen MR) is 115 cm³/mol. The molecule has 3 aromatic rings. The topological polar surface area (TPSA) is 83.2 Å². The van der Waals surface area contributed by atoms with Crippen molar-refractivity contribution in [3.63, 3.8) is 0 Å². The molecule has 0 saturated carbocycles. The number of carbonyl (C=O) groups is 1. The molecule has 1 atom stereocenters. The van der Waals surface area contributed by atoms with Crippen molar-refractivity contribution in [1.29, 1.82) is 0 Å². The van der Waals surface area contributed by atoms with Crippen LogP contribution in [-0.4, -0.2) is 38.7 Å². The Balaban J connectivity index is 1.66. The van der Waals surface area contributed by atoms with Crippen molar-refractivity contribution < 1.29 is 14.3 Å². The number of aromatic nitrogens is 4. The third-order valence-electron chi connectivity index (χ3n) is 4.49. The van der Waals surface area contributed by atoms with Gasteiger partial charge in [-0.2, -0.15) is 10.2 Å². The lowest BCUT2D eigenvalue weighted by molar-refractivity contribution is -0.119. The Kier molecular flexibility index (Phi) is 6.99. The van der Waals surface area contributed by atoms with Crippen LogP contribution < -0.4 is 14.8 Å². The molecule has 30 heavy (non-hydrogen) atoms. The van der Waals surface area contributed by atoms with Gasteiger partial charge in [0, 0.05) is 12.4 Å². The molecule has 1 N–H and O–H groups in total. The van der Waals surface area contributed by atoms with Crippen LogP contribution in [-0.2, 0) is 11.3 Å². The Hall–Kier alpha value is -3.00. The molecule has 0 bridgehead atoms. The first kappa shape index (κ1) is 21.7. The number of halogens is 1. The summed E-state index contributed by atoms with van der Waals surface area (Å²) in [6.07, 6.45) is 5.04. The molecule has 160 valence electrons.